The number of thioether (sulfide) groups is 1. The average Bonchev–Trinajstić information content (AvgIpc) is 3.07. The summed E-state index contributed by atoms with van der Waals surface area (Å²) in [6.07, 6.45) is 3.42. The summed E-state index contributed by atoms with van der Waals surface area (Å²) in [7, 11) is 0. The molecule has 1 aromatic heterocycles. The Kier molecular flexibility index (Phi) is 5.90. The zero-order chi connectivity index (χ0) is 18.5. The van der Waals surface area contributed by atoms with Gasteiger partial charge in [0.05, 0.1) is 33.9 Å². The minimum Gasteiger partial charge on any atom is -0.325 e. The first kappa shape index (κ1) is 18.4. The second-order valence-corrected chi connectivity index (χ2v) is 6.76. The zero-order valence-electron chi connectivity index (χ0n) is 13.4. The fraction of sp³-hybridized carbons (Fsp3) is 0.111. The van der Waals surface area contributed by atoms with E-state index in [4.69, 9.17) is 11.6 Å². The van der Waals surface area contributed by atoms with Crippen molar-refractivity contribution in [2.75, 3.05) is 5.32 Å². The lowest BCUT2D eigenvalue weighted by molar-refractivity contribution is -0.115. The van der Waals surface area contributed by atoms with Crippen LogP contribution < -0.4 is 5.32 Å². The maximum absolute atomic E-state index is 12.7. The molecule has 0 aliphatic carbocycles. The van der Waals surface area contributed by atoms with Crippen molar-refractivity contribution in [3.05, 3.63) is 71.5 Å². The largest absolute Gasteiger partial charge is 0.325 e. The molecular weight excluding hydrogens is 380 g/mol. The average molecular weight is 394 g/mol. The zero-order valence-corrected chi connectivity index (χ0v) is 15.0. The Morgan fingerprint density at radius 2 is 1.96 bits per heavy atom. The van der Waals surface area contributed by atoms with Crippen LogP contribution in [0.2, 0.25) is 5.02 Å². The van der Waals surface area contributed by atoms with Gasteiger partial charge in [-0.15, -0.1) is 0 Å². The Morgan fingerprint density at radius 3 is 2.69 bits per heavy atom. The first-order chi connectivity index (χ1) is 12.5. The monoisotopic (exact) mass is 393 g/mol. The standard InChI is InChI=1S/C18H14ClF2N3OS/c19-14-7-4-8-15(17(14)26-18(20)21)23-16(25)9-12-10-22-24(11-12)13-5-2-1-3-6-13/h1-8,10-11,18H,9H2,(H,23,25). The van der Waals surface area contributed by atoms with Gasteiger partial charge in [0.15, 0.2) is 0 Å². The van der Waals surface area contributed by atoms with Gasteiger partial charge in [-0.25, -0.2) is 4.68 Å². The maximum Gasteiger partial charge on any atom is 0.289 e. The quantitative estimate of drug-likeness (QED) is 0.598. The molecule has 134 valence electrons. The minimum atomic E-state index is -2.63. The molecule has 4 nitrogen and oxygen atoms in total. The molecule has 0 saturated carbocycles. The third-order valence-electron chi connectivity index (χ3n) is 3.47. The molecule has 0 aliphatic rings. The van der Waals surface area contributed by atoms with Crippen molar-refractivity contribution in [3.8, 4) is 5.69 Å². The van der Waals surface area contributed by atoms with Crippen molar-refractivity contribution in [3.63, 3.8) is 0 Å². The number of amides is 1. The van der Waals surface area contributed by atoms with Crippen LogP contribution in [-0.2, 0) is 11.2 Å². The molecule has 26 heavy (non-hydrogen) atoms. The smallest absolute Gasteiger partial charge is 0.289 e. The highest BCUT2D eigenvalue weighted by Crippen LogP contribution is 2.37. The highest BCUT2D eigenvalue weighted by Gasteiger charge is 2.16. The first-order valence-corrected chi connectivity index (χ1v) is 8.91. The van der Waals surface area contributed by atoms with Gasteiger partial charge in [0, 0.05) is 6.20 Å². The van der Waals surface area contributed by atoms with Gasteiger partial charge in [0.25, 0.3) is 5.76 Å². The van der Waals surface area contributed by atoms with Crippen molar-refractivity contribution < 1.29 is 13.6 Å². The van der Waals surface area contributed by atoms with Gasteiger partial charge in [0.2, 0.25) is 5.91 Å². The summed E-state index contributed by atoms with van der Waals surface area (Å²) >= 11 is 6.27. The Bertz CT molecular complexity index is 902. The molecule has 1 heterocycles. The van der Waals surface area contributed by atoms with Crippen LogP contribution in [-0.4, -0.2) is 21.4 Å². The summed E-state index contributed by atoms with van der Waals surface area (Å²) in [5, 5.41) is 7.04. The van der Waals surface area contributed by atoms with Crippen LogP contribution in [0.15, 0.2) is 65.8 Å². The number of anilines is 1. The van der Waals surface area contributed by atoms with Crippen LogP contribution in [0.4, 0.5) is 14.5 Å². The molecule has 0 aliphatic heterocycles. The van der Waals surface area contributed by atoms with E-state index in [1.807, 2.05) is 30.3 Å². The summed E-state index contributed by atoms with van der Waals surface area (Å²) in [5.74, 6) is -2.97. The Balaban J connectivity index is 1.70. The Labute approximate surface area is 158 Å². The number of nitrogens with one attached hydrogen (secondary N) is 1. The third kappa shape index (κ3) is 4.62. The summed E-state index contributed by atoms with van der Waals surface area (Å²) in [6, 6.07) is 14.1. The van der Waals surface area contributed by atoms with Crippen molar-refractivity contribution >= 4 is 35.0 Å². The van der Waals surface area contributed by atoms with Crippen molar-refractivity contribution in [1.29, 1.82) is 0 Å². The topological polar surface area (TPSA) is 46.9 Å². The second-order valence-electron chi connectivity index (χ2n) is 5.35. The van der Waals surface area contributed by atoms with Gasteiger partial charge in [0.1, 0.15) is 0 Å². The number of benzene rings is 2. The molecule has 1 amide bonds. The van der Waals surface area contributed by atoms with Gasteiger partial charge in [-0.05, 0) is 29.8 Å². The summed E-state index contributed by atoms with van der Waals surface area (Å²) in [6.45, 7) is 0. The number of halogens is 3. The van der Waals surface area contributed by atoms with E-state index in [-0.39, 0.29) is 27.9 Å². The van der Waals surface area contributed by atoms with E-state index in [1.165, 1.54) is 6.07 Å². The van der Waals surface area contributed by atoms with Gasteiger partial charge in [-0.2, -0.15) is 13.9 Å². The van der Waals surface area contributed by atoms with Gasteiger partial charge < -0.3 is 5.32 Å². The Hall–Kier alpha value is -2.38. The number of aromatic nitrogens is 2. The number of nitrogens with zero attached hydrogens (tertiary/aromatic N) is 2. The molecule has 8 heteroatoms. The number of rotatable bonds is 6. The second kappa shape index (κ2) is 8.33. The van der Waals surface area contributed by atoms with Crippen LogP contribution in [0, 0.1) is 0 Å². The third-order valence-corrected chi connectivity index (χ3v) is 4.75. The molecule has 3 aromatic rings. The minimum absolute atomic E-state index is 0.0676. The molecule has 2 aromatic carbocycles. The number of carbonyl (C=O) groups is 1. The molecule has 0 spiro atoms. The summed E-state index contributed by atoms with van der Waals surface area (Å²) in [4.78, 5) is 12.4. The van der Waals surface area contributed by atoms with Crippen molar-refractivity contribution in [1.82, 2.24) is 9.78 Å². The highest BCUT2D eigenvalue weighted by atomic mass is 35.5. The number of carbonyl (C=O) groups excluding carboxylic acids is 1. The predicted molar refractivity (Wildman–Crippen MR) is 99.2 cm³/mol. The van der Waals surface area contributed by atoms with Crippen LogP contribution in [0.5, 0.6) is 0 Å². The number of alkyl halides is 2. The number of hydrogen-bond donors (Lipinski definition) is 1. The van der Waals surface area contributed by atoms with Crippen LogP contribution >= 0.6 is 23.4 Å². The lowest BCUT2D eigenvalue weighted by Gasteiger charge is -2.11. The van der Waals surface area contributed by atoms with Crippen LogP contribution in [0.1, 0.15) is 5.56 Å². The number of hydrogen-bond acceptors (Lipinski definition) is 3. The van der Waals surface area contributed by atoms with E-state index in [0.29, 0.717) is 17.3 Å². The van der Waals surface area contributed by atoms with Crippen LogP contribution in [0.3, 0.4) is 0 Å². The van der Waals surface area contributed by atoms with E-state index in [2.05, 4.69) is 10.4 Å². The molecule has 0 bridgehead atoms. The molecule has 0 unspecified atom stereocenters. The normalized spacial score (nSPS) is 10.9. The summed E-state index contributed by atoms with van der Waals surface area (Å²) < 4.78 is 27.1. The van der Waals surface area contributed by atoms with Crippen LogP contribution in [0.25, 0.3) is 5.69 Å². The van der Waals surface area contributed by atoms with Crippen molar-refractivity contribution in [2.45, 2.75) is 17.1 Å². The molecule has 0 fully saturated rings. The Morgan fingerprint density at radius 1 is 1.19 bits per heavy atom. The summed E-state index contributed by atoms with van der Waals surface area (Å²) in [5.41, 5.74) is 1.85. The van der Waals surface area contributed by atoms with E-state index in [1.54, 1.807) is 29.2 Å². The molecule has 0 radical (unpaired) electrons. The fourth-order valence-corrected chi connectivity index (χ4v) is 3.28. The lowest BCUT2D eigenvalue weighted by Crippen LogP contribution is -2.15. The van der Waals surface area contributed by atoms with Gasteiger partial charge in [-0.1, -0.05) is 47.6 Å². The SMILES string of the molecule is O=C(Cc1cnn(-c2ccccc2)c1)Nc1cccc(Cl)c1SC(F)F. The molecule has 0 saturated heterocycles. The van der Waals surface area contributed by atoms with Gasteiger partial charge >= 0.3 is 0 Å². The van der Waals surface area contributed by atoms with E-state index < -0.39 is 5.76 Å². The lowest BCUT2D eigenvalue weighted by atomic mass is 10.2. The van der Waals surface area contributed by atoms with Crippen molar-refractivity contribution in [2.24, 2.45) is 0 Å². The highest BCUT2D eigenvalue weighted by molar-refractivity contribution is 7.99. The maximum atomic E-state index is 12.7. The van der Waals surface area contributed by atoms with E-state index >= 15 is 0 Å². The number of para-hydroxylation sites is 1. The fourth-order valence-electron chi connectivity index (χ4n) is 2.37. The molecule has 0 atom stereocenters. The van der Waals surface area contributed by atoms with Gasteiger partial charge in [-0.3, -0.25) is 4.79 Å². The molecular formula is C18H14ClF2N3OS. The van der Waals surface area contributed by atoms with E-state index in [0.717, 1.165) is 5.69 Å². The first-order valence-electron chi connectivity index (χ1n) is 7.65. The predicted octanol–water partition coefficient (Wildman–Crippen LogP) is 5.02. The molecule has 3 rings (SSSR count). The molecule has 1 N–H and O–H groups in total. The van der Waals surface area contributed by atoms with E-state index in [9.17, 15) is 13.6 Å².